The fourth-order valence-corrected chi connectivity index (χ4v) is 3.17. The van der Waals surface area contributed by atoms with E-state index in [-0.39, 0.29) is 35.0 Å². The van der Waals surface area contributed by atoms with Gasteiger partial charge in [0.05, 0.1) is 14.2 Å². The number of ether oxygens (including phenoxy) is 2. The van der Waals surface area contributed by atoms with Gasteiger partial charge in [-0.15, -0.1) is 0 Å². The van der Waals surface area contributed by atoms with E-state index in [4.69, 9.17) is 9.47 Å². The molecule has 1 N–H and O–H groups in total. The fourth-order valence-electron chi connectivity index (χ4n) is 3.17. The van der Waals surface area contributed by atoms with Crippen molar-refractivity contribution in [2.75, 3.05) is 14.2 Å². The molecule has 1 rings (SSSR count). The first-order valence-electron chi connectivity index (χ1n) is 10.3. The number of hydrogen-bond donors (Lipinski definition) is 1. The van der Waals surface area contributed by atoms with Gasteiger partial charge in [-0.25, -0.2) is 0 Å². The number of carbonyl (C=O) groups excluding carboxylic acids is 3. The van der Waals surface area contributed by atoms with E-state index in [0.717, 1.165) is 24.8 Å². The summed E-state index contributed by atoms with van der Waals surface area (Å²) >= 11 is 0. The lowest BCUT2D eigenvalue weighted by atomic mass is 9.90. The summed E-state index contributed by atoms with van der Waals surface area (Å²) in [5, 5.41) is 2.89. The van der Waals surface area contributed by atoms with Crippen LogP contribution in [0.2, 0.25) is 0 Å². The molecule has 0 aromatic rings. The second kappa shape index (κ2) is 12.2. The highest BCUT2D eigenvalue weighted by molar-refractivity contribution is 6.23. The van der Waals surface area contributed by atoms with E-state index in [0.29, 0.717) is 24.0 Å². The molecule has 0 bridgehead atoms. The van der Waals surface area contributed by atoms with Crippen molar-refractivity contribution in [2.45, 2.75) is 72.8 Å². The number of ketones is 2. The zero-order chi connectivity index (χ0) is 22.8. The van der Waals surface area contributed by atoms with Crippen molar-refractivity contribution in [3.8, 4) is 0 Å². The number of hydrogen-bond acceptors (Lipinski definition) is 5. The first-order valence-corrected chi connectivity index (χ1v) is 10.3. The largest absolute Gasteiger partial charge is 0.489 e. The summed E-state index contributed by atoms with van der Waals surface area (Å²) in [7, 11) is 2.72. The zero-order valence-electron chi connectivity index (χ0n) is 19.3. The van der Waals surface area contributed by atoms with E-state index in [1.807, 2.05) is 33.8 Å². The van der Waals surface area contributed by atoms with Crippen LogP contribution in [0.4, 0.5) is 0 Å². The predicted octanol–water partition coefficient (Wildman–Crippen LogP) is 4.33. The maximum atomic E-state index is 12.6. The molecule has 166 valence electrons. The topological polar surface area (TPSA) is 81.7 Å². The SMILES string of the molecule is COC1=C(OC)C(=O)C(C/C=C(\C)CC/C=C(\C)CCC(=O)NC(C)C)=C(C)C1=O. The predicted molar refractivity (Wildman–Crippen MR) is 118 cm³/mol. The summed E-state index contributed by atoms with van der Waals surface area (Å²) < 4.78 is 10.2. The molecule has 0 heterocycles. The molecule has 6 nitrogen and oxygen atoms in total. The van der Waals surface area contributed by atoms with Gasteiger partial charge in [0, 0.05) is 23.6 Å². The van der Waals surface area contributed by atoms with Crippen molar-refractivity contribution in [2.24, 2.45) is 0 Å². The third-order valence-corrected chi connectivity index (χ3v) is 4.98. The highest BCUT2D eigenvalue weighted by atomic mass is 16.5. The van der Waals surface area contributed by atoms with Gasteiger partial charge < -0.3 is 14.8 Å². The van der Waals surface area contributed by atoms with Gasteiger partial charge in [-0.1, -0.05) is 23.3 Å². The van der Waals surface area contributed by atoms with Gasteiger partial charge in [0.2, 0.25) is 29.0 Å². The Bertz CT molecular complexity index is 796. The summed E-state index contributed by atoms with van der Waals surface area (Å²) in [4.78, 5) is 36.8. The number of allylic oxidation sites excluding steroid dienone is 6. The van der Waals surface area contributed by atoms with Gasteiger partial charge in [0.1, 0.15) is 0 Å². The van der Waals surface area contributed by atoms with Crippen LogP contribution in [-0.4, -0.2) is 37.7 Å². The molecule has 0 aliphatic heterocycles. The molecule has 0 spiro atoms. The summed E-state index contributed by atoms with van der Waals surface area (Å²) in [5.74, 6) is -0.604. The molecule has 1 aliphatic carbocycles. The number of amides is 1. The normalized spacial score (nSPS) is 15.9. The third kappa shape index (κ3) is 7.32. The molecule has 1 amide bonds. The van der Waals surface area contributed by atoms with Crippen molar-refractivity contribution >= 4 is 17.5 Å². The summed E-state index contributed by atoms with van der Waals surface area (Å²) in [6.07, 6.45) is 7.47. The minimum Gasteiger partial charge on any atom is -0.489 e. The molecule has 0 radical (unpaired) electrons. The highest BCUT2D eigenvalue weighted by Crippen LogP contribution is 2.28. The van der Waals surface area contributed by atoms with Crippen LogP contribution in [0.5, 0.6) is 0 Å². The Morgan fingerprint density at radius 1 is 0.933 bits per heavy atom. The Hall–Kier alpha value is -2.63. The molecule has 0 atom stereocenters. The van der Waals surface area contributed by atoms with Gasteiger partial charge in [0.15, 0.2) is 0 Å². The van der Waals surface area contributed by atoms with Gasteiger partial charge in [-0.2, -0.15) is 0 Å². The Morgan fingerprint density at radius 3 is 2.07 bits per heavy atom. The molecule has 30 heavy (non-hydrogen) atoms. The van der Waals surface area contributed by atoms with Crippen molar-refractivity contribution in [3.05, 3.63) is 46.0 Å². The second-order valence-corrected chi connectivity index (χ2v) is 7.89. The average Bonchev–Trinajstić information content (AvgIpc) is 2.68. The van der Waals surface area contributed by atoms with E-state index in [1.54, 1.807) is 6.92 Å². The zero-order valence-corrected chi connectivity index (χ0v) is 19.3. The summed E-state index contributed by atoms with van der Waals surface area (Å²) in [5.41, 5.74) is 3.17. The molecular formula is C24H35NO5. The lowest BCUT2D eigenvalue weighted by molar-refractivity contribution is -0.121. The van der Waals surface area contributed by atoms with Crippen LogP contribution in [0.3, 0.4) is 0 Å². The van der Waals surface area contributed by atoms with Crippen LogP contribution in [0.25, 0.3) is 0 Å². The molecule has 6 heteroatoms. The van der Waals surface area contributed by atoms with E-state index in [9.17, 15) is 14.4 Å². The Balaban J connectivity index is 2.63. The van der Waals surface area contributed by atoms with Gasteiger partial charge in [0.25, 0.3) is 0 Å². The molecule has 0 aromatic heterocycles. The maximum Gasteiger partial charge on any atom is 0.228 e. The van der Waals surface area contributed by atoms with E-state index in [2.05, 4.69) is 11.4 Å². The fraction of sp³-hybridized carbons (Fsp3) is 0.542. The minimum atomic E-state index is -0.310. The van der Waals surface area contributed by atoms with Crippen molar-refractivity contribution in [1.82, 2.24) is 5.32 Å². The quantitative estimate of drug-likeness (QED) is 0.400. The molecule has 0 aromatic carbocycles. The number of nitrogens with one attached hydrogen (secondary N) is 1. The van der Waals surface area contributed by atoms with E-state index >= 15 is 0 Å². The first-order chi connectivity index (χ1) is 14.1. The average molecular weight is 418 g/mol. The number of carbonyl (C=O) groups is 3. The van der Waals surface area contributed by atoms with Crippen molar-refractivity contribution in [1.29, 1.82) is 0 Å². The van der Waals surface area contributed by atoms with Crippen LogP contribution in [0.1, 0.15) is 66.7 Å². The Kier molecular flexibility index (Phi) is 10.3. The smallest absolute Gasteiger partial charge is 0.228 e. The van der Waals surface area contributed by atoms with Crippen LogP contribution in [-0.2, 0) is 23.9 Å². The van der Waals surface area contributed by atoms with Crippen LogP contribution in [0, 0.1) is 0 Å². The van der Waals surface area contributed by atoms with Gasteiger partial charge >= 0.3 is 0 Å². The van der Waals surface area contributed by atoms with Crippen LogP contribution in [0.15, 0.2) is 46.0 Å². The Labute approximate surface area is 180 Å². The van der Waals surface area contributed by atoms with Crippen molar-refractivity contribution < 1.29 is 23.9 Å². The number of rotatable bonds is 11. The lowest BCUT2D eigenvalue weighted by Crippen LogP contribution is -2.29. The summed E-state index contributed by atoms with van der Waals surface area (Å²) in [6.45, 7) is 9.59. The highest BCUT2D eigenvalue weighted by Gasteiger charge is 2.34. The molecular weight excluding hydrogens is 382 g/mol. The second-order valence-electron chi connectivity index (χ2n) is 7.89. The number of Topliss-reactive ketones (excluding diaryl/α,β-unsaturated/α-hetero) is 2. The van der Waals surface area contributed by atoms with E-state index in [1.165, 1.54) is 19.8 Å². The monoisotopic (exact) mass is 417 g/mol. The minimum absolute atomic E-state index is 0.0331. The first kappa shape index (κ1) is 25.4. The van der Waals surface area contributed by atoms with E-state index < -0.39 is 0 Å². The third-order valence-electron chi connectivity index (χ3n) is 4.98. The van der Waals surface area contributed by atoms with Crippen LogP contribution < -0.4 is 5.32 Å². The number of methoxy groups -OCH3 is 2. The molecule has 1 aliphatic rings. The lowest BCUT2D eigenvalue weighted by Gasteiger charge is -2.19. The molecule has 0 saturated heterocycles. The maximum absolute atomic E-state index is 12.6. The molecule has 0 saturated carbocycles. The molecule has 0 fully saturated rings. The summed E-state index contributed by atoms with van der Waals surface area (Å²) in [6, 6.07) is 0.163. The van der Waals surface area contributed by atoms with Crippen molar-refractivity contribution in [3.63, 3.8) is 0 Å². The van der Waals surface area contributed by atoms with Gasteiger partial charge in [-0.3, -0.25) is 14.4 Å². The standard InChI is InChI=1S/C24H35NO5/c1-15(2)25-20(26)14-12-17(4)10-8-9-16(3)11-13-19-18(5)21(27)23(29-6)24(30-7)22(19)28/h10-11,15H,8-9,12-14H2,1-7H3,(H,25,26)/b16-11+,17-10+. The molecule has 0 unspecified atom stereocenters. The van der Waals surface area contributed by atoms with Crippen LogP contribution >= 0.6 is 0 Å². The van der Waals surface area contributed by atoms with Gasteiger partial charge in [-0.05, 0) is 60.3 Å². The Morgan fingerprint density at radius 2 is 1.50 bits per heavy atom.